The molecule has 0 N–H and O–H groups in total. The Morgan fingerprint density at radius 1 is 0.375 bits per heavy atom. The zero-order valence-corrected chi connectivity index (χ0v) is 30.1. The van der Waals surface area contributed by atoms with Crippen molar-refractivity contribution in [1.82, 2.24) is 23.9 Å². The van der Waals surface area contributed by atoms with Gasteiger partial charge in [0.05, 0.1) is 38.8 Å². The molecule has 5 nitrogen and oxygen atoms in total. The first-order valence-electron chi connectivity index (χ1n) is 18.9. The van der Waals surface area contributed by atoms with Crippen LogP contribution in [-0.2, 0) is 0 Å². The molecule has 5 heteroatoms. The van der Waals surface area contributed by atoms with E-state index in [1.165, 1.54) is 59.9 Å². The fourth-order valence-corrected chi connectivity index (χ4v) is 8.84. The molecular formula is C51H31N5. The first-order chi connectivity index (χ1) is 27.8. The largest absolute Gasteiger partial charge is 0.309 e. The predicted molar refractivity (Wildman–Crippen MR) is 231 cm³/mol. The third-order valence-corrected chi connectivity index (χ3v) is 11.4. The highest BCUT2D eigenvalue weighted by Gasteiger charge is 2.20. The van der Waals surface area contributed by atoms with Gasteiger partial charge in [0.25, 0.3) is 0 Å². The van der Waals surface area contributed by atoms with Crippen LogP contribution in [-0.4, -0.2) is 23.9 Å². The molecule has 0 aliphatic heterocycles. The van der Waals surface area contributed by atoms with Crippen molar-refractivity contribution in [2.24, 2.45) is 0 Å². The van der Waals surface area contributed by atoms with Crippen molar-refractivity contribution in [1.29, 1.82) is 0 Å². The Hall–Kier alpha value is -7.63. The maximum atomic E-state index is 5.22. The van der Waals surface area contributed by atoms with Crippen LogP contribution < -0.4 is 0 Å². The lowest BCUT2D eigenvalue weighted by Crippen LogP contribution is -1.97. The Labute approximate surface area is 321 Å². The van der Waals surface area contributed by atoms with Gasteiger partial charge in [0, 0.05) is 61.5 Å². The van der Waals surface area contributed by atoms with E-state index in [4.69, 9.17) is 9.97 Å². The van der Waals surface area contributed by atoms with Gasteiger partial charge in [0.1, 0.15) is 0 Å². The van der Waals surface area contributed by atoms with Crippen LogP contribution in [0.3, 0.4) is 0 Å². The van der Waals surface area contributed by atoms with Gasteiger partial charge in [-0.1, -0.05) is 115 Å². The molecule has 12 rings (SSSR count). The average Bonchev–Trinajstić information content (AvgIpc) is 3.84. The van der Waals surface area contributed by atoms with E-state index in [9.17, 15) is 0 Å². The molecule has 0 atom stereocenters. The summed E-state index contributed by atoms with van der Waals surface area (Å²) >= 11 is 0. The minimum absolute atomic E-state index is 0.698. The third-order valence-electron chi connectivity index (χ3n) is 11.4. The first kappa shape index (κ1) is 30.8. The lowest BCUT2D eigenvalue weighted by atomic mass is 10.0. The molecule has 0 unspecified atom stereocenters. The minimum Gasteiger partial charge on any atom is -0.309 e. The second-order valence-electron chi connectivity index (χ2n) is 14.5. The molecule has 56 heavy (non-hydrogen) atoms. The Kier molecular flexibility index (Phi) is 6.56. The van der Waals surface area contributed by atoms with Crippen LogP contribution in [0.15, 0.2) is 188 Å². The van der Waals surface area contributed by atoms with Crippen molar-refractivity contribution in [3.63, 3.8) is 0 Å². The van der Waals surface area contributed by atoms with Crippen molar-refractivity contribution in [3.05, 3.63) is 188 Å². The quantitative estimate of drug-likeness (QED) is 0.171. The molecule has 0 spiro atoms. The Balaban J connectivity index is 1.04. The van der Waals surface area contributed by atoms with Crippen molar-refractivity contribution >= 4 is 70.8 Å². The molecule has 12 aromatic rings. The van der Waals surface area contributed by atoms with Crippen LogP contribution in [0.25, 0.3) is 110 Å². The highest BCUT2D eigenvalue weighted by Crippen LogP contribution is 2.41. The van der Waals surface area contributed by atoms with Crippen molar-refractivity contribution in [2.45, 2.75) is 0 Å². The third kappa shape index (κ3) is 4.52. The average molecular weight is 714 g/mol. The molecule has 260 valence electrons. The Morgan fingerprint density at radius 3 is 1.77 bits per heavy atom. The summed E-state index contributed by atoms with van der Waals surface area (Å²) in [7, 11) is 0. The molecule has 0 saturated carbocycles. The first-order valence-corrected chi connectivity index (χ1v) is 18.9. The van der Waals surface area contributed by atoms with Crippen LogP contribution in [0, 0.1) is 0 Å². The van der Waals surface area contributed by atoms with E-state index in [0.717, 1.165) is 44.5 Å². The highest BCUT2D eigenvalue weighted by molar-refractivity contribution is 6.22. The van der Waals surface area contributed by atoms with E-state index in [1.54, 1.807) is 6.20 Å². The smallest absolute Gasteiger partial charge is 0.160 e. The minimum atomic E-state index is 0.698. The van der Waals surface area contributed by atoms with Crippen molar-refractivity contribution < 1.29 is 0 Å². The normalized spacial score (nSPS) is 11.9. The SMILES string of the molecule is c1cncc(-c2ccc(-c3nc(-c4ccc(-n5c6ccccc6c6ccc7c(cc8c9ccccc9c9ccccc9n87)c65)cc4)nc4ccccc34)cc2)c1. The van der Waals surface area contributed by atoms with Gasteiger partial charge in [-0.25, -0.2) is 9.97 Å². The molecule has 0 fully saturated rings. The lowest BCUT2D eigenvalue weighted by molar-refractivity contribution is 1.18. The van der Waals surface area contributed by atoms with Gasteiger partial charge in [-0.15, -0.1) is 0 Å². The number of pyridine rings is 2. The van der Waals surface area contributed by atoms with E-state index < -0.39 is 0 Å². The standard InChI is InChI=1S/C51H31N5/c1-2-13-39-37(11-1)38-12-4-8-18-46(38)56-47-28-27-41-40-14-5-7-17-45(40)55(50(41)43(47)30-48(39)56)36-25-23-34(24-26-36)51-53-44-16-6-3-15-42(44)49(54-51)33-21-19-32(20-22-33)35-10-9-29-52-31-35/h1-31H. The van der Waals surface area contributed by atoms with Crippen molar-refractivity contribution in [3.8, 4) is 39.5 Å². The summed E-state index contributed by atoms with van der Waals surface area (Å²) < 4.78 is 4.87. The monoisotopic (exact) mass is 713 g/mol. The summed E-state index contributed by atoms with van der Waals surface area (Å²) in [5, 5.41) is 8.49. The molecule has 0 amide bonds. The van der Waals surface area contributed by atoms with Crippen LogP contribution in [0.5, 0.6) is 0 Å². The second-order valence-corrected chi connectivity index (χ2v) is 14.5. The van der Waals surface area contributed by atoms with Gasteiger partial charge in [0.2, 0.25) is 0 Å². The Bertz CT molecular complexity index is 3510. The molecule has 7 aromatic carbocycles. The fourth-order valence-electron chi connectivity index (χ4n) is 8.84. The van der Waals surface area contributed by atoms with E-state index in [2.05, 4.69) is 178 Å². The summed E-state index contributed by atoms with van der Waals surface area (Å²) in [5.74, 6) is 0.698. The van der Waals surface area contributed by atoms with Gasteiger partial charge >= 0.3 is 0 Å². The van der Waals surface area contributed by atoms with E-state index in [-0.39, 0.29) is 0 Å². The van der Waals surface area contributed by atoms with Crippen LogP contribution in [0.4, 0.5) is 0 Å². The van der Waals surface area contributed by atoms with E-state index in [1.807, 2.05) is 18.3 Å². The second kappa shape index (κ2) is 11.9. The zero-order chi connectivity index (χ0) is 36.7. The predicted octanol–water partition coefficient (Wildman–Crippen LogP) is 12.8. The summed E-state index contributed by atoms with van der Waals surface area (Å²) in [6, 6.07) is 62.9. The van der Waals surface area contributed by atoms with Crippen LogP contribution >= 0.6 is 0 Å². The highest BCUT2D eigenvalue weighted by atomic mass is 15.0. The van der Waals surface area contributed by atoms with Gasteiger partial charge < -0.3 is 8.97 Å². The van der Waals surface area contributed by atoms with Gasteiger partial charge in [-0.2, -0.15) is 0 Å². The number of benzene rings is 7. The number of aromatic nitrogens is 5. The number of para-hydroxylation sites is 3. The molecule has 0 radical (unpaired) electrons. The molecule has 0 aliphatic carbocycles. The summed E-state index contributed by atoms with van der Waals surface area (Å²) in [6.45, 7) is 0. The summed E-state index contributed by atoms with van der Waals surface area (Å²) in [5.41, 5.74) is 13.1. The Morgan fingerprint density at radius 2 is 1.00 bits per heavy atom. The molecule has 5 aromatic heterocycles. The van der Waals surface area contributed by atoms with E-state index in [0.29, 0.717) is 5.82 Å². The fraction of sp³-hybridized carbons (Fsp3) is 0. The van der Waals surface area contributed by atoms with Crippen LogP contribution in [0.2, 0.25) is 0 Å². The van der Waals surface area contributed by atoms with Gasteiger partial charge in [-0.3, -0.25) is 4.98 Å². The van der Waals surface area contributed by atoms with Crippen molar-refractivity contribution in [2.75, 3.05) is 0 Å². The molecule has 5 heterocycles. The zero-order valence-electron chi connectivity index (χ0n) is 30.1. The summed E-state index contributed by atoms with van der Waals surface area (Å²) in [4.78, 5) is 14.6. The van der Waals surface area contributed by atoms with Gasteiger partial charge in [-0.05, 0) is 77.2 Å². The van der Waals surface area contributed by atoms with Gasteiger partial charge in [0.15, 0.2) is 5.82 Å². The maximum Gasteiger partial charge on any atom is 0.160 e. The molecule has 0 bridgehead atoms. The molecule has 0 aliphatic rings. The summed E-state index contributed by atoms with van der Waals surface area (Å²) in [6.07, 6.45) is 3.69. The number of fused-ring (bicyclic) bond motifs is 13. The topological polar surface area (TPSA) is 48.0 Å². The number of hydrogen-bond acceptors (Lipinski definition) is 3. The van der Waals surface area contributed by atoms with E-state index >= 15 is 0 Å². The lowest BCUT2D eigenvalue weighted by Gasteiger charge is -2.12. The number of nitrogens with zero attached hydrogens (tertiary/aromatic N) is 5. The molecule has 0 saturated heterocycles. The maximum absolute atomic E-state index is 5.22. The van der Waals surface area contributed by atoms with Crippen LogP contribution in [0.1, 0.15) is 0 Å². The number of rotatable bonds is 4. The number of hydrogen-bond donors (Lipinski definition) is 0. The molecular weight excluding hydrogens is 683 g/mol.